The van der Waals surface area contributed by atoms with E-state index in [1.54, 1.807) is 30.3 Å². The summed E-state index contributed by atoms with van der Waals surface area (Å²) in [6.07, 6.45) is 0. The van der Waals surface area contributed by atoms with Crippen LogP contribution in [0, 0.1) is 0 Å². The number of para-hydroxylation sites is 2. The maximum atomic E-state index is 12.2. The number of anilines is 2. The van der Waals surface area contributed by atoms with Gasteiger partial charge in [-0.2, -0.15) is 0 Å². The van der Waals surface area contributed by atoms with Crippen molar-refractivity contribution < 1.29 is 14.3 Å². The molecular formula is C23H24ClN3O3. The van der Waals surface area contributed by atoms with Crippen LogP contribution in [-0.4, -0.2) is 19.1 Å². The molecule has 0 bridgehead atoms. The van der Waals surface area contributed by atoms with Crippen LogP contribution in [-0.2, 0) is 11.3 Å². The summed E-state index contributed by atoms with van der Waals surface area (Å²) in [6, 6.07) is 22.5. The Labute approximate surface area is 181 Å². The van der Waals surface area contributed by atoms with E-state index in [4.69, 9.17) is 21.1 Å². The van der Waals surface area contributed by atoms with Crippen LogP contribution in [0.1, 0.15) is 12.5 Å². The molecule has 1 amide bonds. The van der Waals surface area contributed by atoms with Gasteiger partial charge in [0.05, 0.1) is 17.3 Å². The zero-order chi connectivity index (χ0) is 21.2. The molecule has 0 unspecified atom stereocenters. The summed E-state index contributed by atoms with van der Waals surface area (Å²) in [7, 11) is 0. The molecular weight excluding hydrogens is 402 g/mol. The van der Waals surface area contributed by atoms with Crippen molar-refractivity contribution in [2.24, 2.45) is 0 Å². The first-order chi connectivity index (χ1) is 14.7. The Morgan fingerprint density at radius 2 is 1.70 bits per heavy atom. The van der Waals surface area contributed by atoms with Gasteiger partial charge < -0.3 is 20.2 Å². The molecule has 0 aliphatic carbocycles. The molecule has 0 spiro atoms. The average molecular weight is 426 g/mol. The summed E-state index contributed by atoms with van der Waals surface area (Å²) < 4.78 is 11.4. The van der Waals surface area contributed by atoms with Crippen LogP contribution in [0.4, 0.5) is 11.4 Å². The van der Waals surface area contributed by atoms with E-state index >= 15 is 0 Å². The third-order valence-electron chi connectivity index (χ3n) is 4.11. The molecule has 156 valence electrons. The molecule has 3 aromatic rings. The Balaban J connectivity index is 1.56. The van der Waals surface area contributed by atoms with Gasteiger partial charge in [-0.05, 0) is 48.9 Å². The maximum Gasteiger partial charge on any atom is 0.262 e. The van der Waals surface area contributed by atoms with Gasteiger partial charge in [0.25, 0.3) is 5.91 Å². The van der Waals surface area contributed by atoms with E-state index in [9.17, 15) is 4.79 Å². The van der Waals surface area contributed by atoms with Crippen molar-refractivity contribution in [3.8, 4) is 11.5 Å². The Kier molecular flexibility index (Phi) is 7.94. The zero-order valence-electron chi connectivity index (χ0n) is 16.7. The normalized spacial score (nSPS) is 10.3. The fourth-order valence-electron chi connectivity index (χ4n) is 2.71. The molecule has 0 atom stereocenters. The second-order valence-corrected chi connectivity index (χ2v) is 6.78. The topological polar surface area (TPSA) is 71.6 Å². The molecule has 0 aliphatic rings. The van der Waals surface area contributed by atoms with Gasteiger partial charge in [0.15, 0.2) is 18.1 Å². The number of halogens is 1. The third-order valence-corrected chi connectivity index (χ3v) is 4.44. The lowest BCUT2D eigenvalue weighted by atomic mass is 10.2. The van der Waals surface area contributed by atoms with Crippen LogP contribution < -0.4 is 25.6 Å². The molecule has 0 heterocycles. The first kappa shape index (κ1) is 21.5. The van der Waals surface area contributed by atoms with Crippen LogP contribution in [0.5, 0.6) is 11.5 Å². The van der Waals surface area contributed by atoms with Crippen molar-refractivity contribution in [1.29, 1.82) is 0 Å². The van der Waals surface area contributed by atoms with Gasteiger partial charge in [0, 0.05) is 12.2 Å². The SMILES string of the molecule is CCOc1cc(CNNc2ccccc2)ccc1OCC(=O)Nc1ccccc1Cl. The van der Waals surface area contributed by atoms with Gasteiger partial charge in [0.1, 0.15) is 0 Å². The van der Waals surface area contributed by atoms with Crippen molar-refractivity contribution in [3.05, 3.63) is 83.4 Å². The highest BCUT2D eigenvalue weighted by molar-refractivity contribution is 6.33. The minimum atomic E-state index is -0.302. The molecule has 0 saturated carbocycles. The molecule has 6 nitrogen and oxygen atoms in total. The van der Waals surface area contributed by atoms with E-state index in [0.717, 1.165) is 11.3 Å². The van der Waals surface area contributed by atoms with Gasteiger partial charge in [-0.15, -0.1) is 0 Å². The average Bonchev–Trinajstić information content (AvgIpc) is 2.76. The van der Waals surface area contributed by atoms with Gasteiger partial charge in [-0.3, -0.25) is 4.79 Å². The van der Waals surface area contributed by atoms with Crippen molar-refractivity contribution in [2.45, 2.75) is 13.5 Å². The number of carbonyl (C=O) groups is 1. The molecule has 0 saturated heterocycles. The van der Waals surface area contributed by atoms with Gasteiger partial charge >= 0.3 is 0 Å². The number of ether oxygens (including phenoxy) is 2. The Morgan fingerprint density at radius 3 is 2.47 bits per heavy atom. The lowest BCUT2D eigenvalue weighted by molar-refractivity contribution is -0.118. The summed E-state index contributed by atoms with van der Waals surface area (Å²) in [4.78, 5) is 12.2. The molecule has 3 N–H and O–H groups in total. The number of amides is 1. The maximum absolute atomic E-state index is 12.2. The molecule has 30 heavy (non-hydrogen) atoms. The van der Waals surface area contributed by atoms with Crippen LogP contribution >= 0.6 is 11.6 Å². The number of rotatable bonds is 10. The van der Waals surface area contributed by atoms with Gasteiger partial charge in [0.2, 0.25) is 0 Å². The lowest BCUT2D eigenvalue weighted by Crippen LogP contribution is -2.21. The smallest absolute Gasteiger partial charge is 0.262 e. The van der Waals surface area contributed by atoms with E-state index in [-0.39, 0.29) is 12.5 Å². The first-order valence-corrected chi connectivity index (χ1v) is 10.0. The standard InChI is InChI=1S/C23H24ClN3O3/c1-2-29-22-14-17(15-25-27-18-8-4-3-5-9-18)12-13-21(22)30-16-23(28)26-20-11-7-6-10-19(20)24/h3-14,25,27H,2,15-16H2,1H3,(H,26,28). The highest BCUT2D eigenvalue weighted by Crippen LogP contribution is 2.29. The largest absolute Gasteiger partial charge is 0.490 e. The number of hydrogen-bond acceptors (Lipinski definition) is 5. The predicted octanol–water partition coefficient (Wildman–Crippen LogP) is 4.87. The second kappa shape index (κ2) is 11.1. The minimum Gasteiger partial charge on any atom is -0.490 e. The summed E-state index contributed by atoms with van der Waals surface area (Å²) in [5.41, 5.74) is 8.84. The van der Waals surface area contributed by atoms with E-state index in [0.29, 0.717) is 35.4 Å². The molecule has 7 heteroatoms. The highest BCUT2D eigenvalue weighted by Gasteiger charge is 2.10. The van der Waals surface area contributed by atoms with E-state index in [1.807, 2.05) is 49.4 Å². The lowest BCUT2D eigenvalue weighted by Gasteiger charge is -2.14. The van der Waals surface area contributed by atoms with E-state index in [2.05, 4.69) is 16.2 Å². The molecule has 0 aliphatic heterocycles. The quantitative estimate of drug-likeness (QED) is 0.404. The second-order valence-electron chi connectivity index (χ2n) is 6.38. The molecule has 3 aromatic carbocycles. The minimum absolute atomic E-state index is 0.154. The predicted molar refractivity (Wildman–Crippen MR) is 120 cm³/mol. The molecule has 0 radical (unpaired) electrons. The highest BCUT2D eigenvalue weighted by atomic mass is 35.5. The zero-order valence-corrected chi connectivity index (χ0v) is 17.4. The number of carbonyl (C=O) groups excluding carboxylic acids is 1. The fraction of sp³-hybridized carbons (Fsp3) is 0.174. The van der Waals surface area contributed by atoms with Crippen LogP contribution in [0.15, 0.2) is 72.8 Å². The Morgan fingerprint density at radius 1 is 0.933 bits per heavy atom. The summed E-state index contributed by atoms with van der Waals surface area (Å²) in [5.74, 6) is 0.788. The Bertz CT molecular complexity index is 967. The van der Waals surface area contributed by atoms with Crippen molar-refractivity contribution >= 4 is 28.9 Å². The van der Waals surface area contributed by atoms with E-state index in [1.165, 1.54) is 0 Å². The van der Waals surface area contributed by atoms with Gasteiger partial charge in [-0.25, -0.2) is 5.43 Å². The number of hydrazine groups is 1. The van der Waals surface area contributed by atoms with E-state index < -0.39 is 0 Å². The van der Waals surface area contributed by atoms with Crippen molar-refractivity contribution in [3.63, 3.8) is 0 Å². The number of nitrogens with one attached hydrogen (secondary N) is 3. The van der Waals surface area contributed by atoms with Crippen LogP contribution in [0.25, 0.3) is 0 Å². The van der Waals surface area contributed by atoms with Crippen LogP contribution in [0.3, 0.4) is 0 Å². The summed E-state index contributed by atoms with van der Waals surface area (Å²) in [6.45, 7) is 2.82. The third kappa shape index (κ3) is 6.40. The summed E-state index contributed by atoms with van der Waals surface area (Å²) in [5, 5.41) is 3.21. The van der Waals surface area contributed by atoms with Crippen molar-refractivity contribution in [1.82, 2.24) is 5.43 Å². The molecule has 0 aromatic heterocycles. The molecule has 0 fully saturated rings. The van der Waals surface area contributed by atoms with Crippen LogP contribution in [0.2, 0.25) is 5.02 Å². The van der Waals surface area contributed by atoms with Gasteiger partial charge in [-0.1, -0.05) is 48.0 Å². The van der Waals surface area contributed by atoms with Crippen molar-refractivity contribution in [2.75, 3.05) is 24.0 Å². The molecule has 3 rings (SSSR count). The monoisotopic (exact) mass is 425 g/mol. The number of benzene rings is 3. The number of hydrogen-bond donors (Lipinski definition) is 3. The fourth-order valence-corrected chi connectivity index (χ4v) is 2.89. The Hall–Kier alpha value is -3.22. The summed E-state index contributed by atoms with van der Waals surface area (Å²) >= 11 is 6.06. The first-order valence-electron chi connectivity index (χ1n) is 9.62.